The predicted octanol–water partition coefficient (Wildman–Crippen LogP) is 6.42. The molecule has 0 N–H and O–H groups in total. The number of benzene rings is 3. The Bertz CT molecular complexity index is 855. The summed E-state index contributed by atoms with van der Waals surface area (Å²) in [6.45, 7) is 8.70. The molecular formula is C24H27N. The van der Waals surface area contributed by atoms with E-state index in [1.165, 1.54) is 33.2 Å². The molecule has 0 amide bonds. The highest BCUT2D eigenvalue weighted by atomic mass is 15.1. The summed E-state index contributed by atoms with van der Waals surface area (Å²) in [5.41, 5.74) is 5.22. The zero-order valence-corrected chi connectivity index (χ0v) is 15.5. The maximum absolute atomic E-state index is 2.37. The van der Waals surface area contributed by atoms with E-state index in [9.17, 15) is 0 Å². The van der Waals surface area contributed by atoms with Gasteiger partial charge in [0.25, 0.3) is 0 Å². The minimum Gasteiger partial charge on any atom is -0.372 e. The monoisotopic (exact) mass is 329 g/mol. The molecular weight excluding hydrogens is 302 g/mol. The number of nitrogens with zero attached hydrogens (tertiary/aromatic N) is 1. The van der Waals surface area contributed by atoms with Gasteiger partial charge in [-0.1, -0.05) is 67.6 Å². The maximum Gasteiger partial charge on any atom is 0.0366 e. The second kappa shape index (κ2) is 8.02. The molecule has 25 heavy (non-hydrogen) atoms. The molecule has 0 aliphatic rings. The van der Waals surface area contributed by atoms with Gasteiger partial charge < -0.3 is 4.90 Å². The van der Waals surface area contributed by atoms with Gasteiger partial charge in [-0.2, -0.15) is 0 Å². The van der Waals surface area contributed by atoms with Crippen LogP contribution in [-0.2, 0) is 6.42 Å². The van der Waals surface area contributed by atoms with Gasteiger partial charge in [0.15, 0.2) is 0 Å². The fourth-order valence-corrected chi connectivity index (χ4v) is 3.41. The molecule has 0 spiro atoms. The molecule has 0 radical (unpaired) electrons. The van der Waals surface area contributed by atoms with Crippen molar-refractivity contribution in [3.8, 4) is 0 Å². The Kier molecular flexibility index (Phi) is 5.55. The molecule has 0 fully saturated rings. The molecule has 0 unspecified atom stereocenters. The van der Waals surface area contributed by atoms with E-state index >= 15 is 0 Å². The predicted molar refractivity (Wildman–Crippen MR) is 112 cm³/mol. The Hall–Kier alpha value is -2.54. The molecule has 3 rings (SSSR count). The lowest BCUT2D eigenvalue weighted by atomic mass is 9.97. The molecule has 128 valence electrons. The normalized spacial score (nSPS) is 11.3. The van der Waals surface area contributed by atoms with Crippen LogP contribution in [0.25, 0.3) is 22.9 Å². The van der Waals surface area contributed by atoms with Gasteiger partial charge in [-0.3, -0.25) is 0 Å². The summed E-state index contributed by atoms with van der Waals surface area (Å²) in [4.78, 5) is 2.37. The SMILES string of the molecule is CCc1ccc(C=Cc2ccc(N(CC)CC)cc2)c2ccccc12. The van der Waals surface area contributed by atoms with Crippen LogP contribution >= 0.6 is 0 Å². The number of rotatable bonds is 6. The van der Waals surface area contributed by atoms with Crippen molar-refractivity contribution < 1.29 is 0 Å². The summed E-state index contributed by atoms with van der Waals surface area (Å²) >= 11 is 0. The molecule has 0 saturated carbocycles. The lowest BCUT2D eigenvalue weighted by Gasteiger charge is -2.20. The molecule has 0 aromatic heterocycles. The van der Waals surface area contributed by atoms with Gasteiger partial charge in [0, 0.05) is 18.8 Å². The van der Waals surface area contributed by atoms with Gasteiger partial charge in [-0.05, 0) is 59.9 Å². The lowest BCUT2D eigenvalue weighted by Crippen LogP contribution is -2.21. The summed E-state index contributed by atoms with van der Waals surface area (Å²) in [5, 5.41) is 2.70. The standard InChI is InChI=1S/C24H27N/c1-4-20-15-16-21(24-10-8-7-9-23(20)24)14-11-19-12-17-22(18-13-19)25(5-2)6-3/h7-18H,4-6H2,1-3H3. The van der Waals surface area contributed by atoms with Crippen LogP contribution in [0.15, 0.2) is 60.7 Å². The summed E-state index contributed by atoms with van der Waals surface area (Å²) < 4.78 is 0. The fraction of sp³-hybridized carbons (Fsp3) is 0.250. The molecule has 1 nitrogen and oxygen atoms in total. The van der Waals surface area contributed by atoms with Crippen molar-refractivity contribution in [3.63, 3.8) is 0 Å². The van der Waals surface area contributed by atoms with Crippen molar-refractivity contribution in [3.05, 3.63) is 77.4 Å². The van der Waals surface area contributed by atoms with E-state index in [4.69, 9.17) is 0 Å². The van der Waals surface area contributed by atoms with Crippen LogP contribution in [0.5, 0.6) is 0 Å². The molecule has 3 aromatic rings. The number of fused-ring (bicyclic) bond motifs is 1. The van der Waals surface area contributed by atoms with E-state index in [0.717, 1.165) is 19.5 Å². The third-order valence-electron chi connectivity index (χ3n) is 4.91. The van der Waals surface area contributed by atoms with E-state index in [2.05, 4.69) is 98.5 Å². The third kappa shape index (κ3) is 3.76. The molecule has 0 atom stereocenters. The van der Waals surface area contributed by atoms with Gasteiger partial charge in [-0.15, -0.1) is 0 Å². The molecule has 3 aromatic carbocycles. The van der Waals surface area contributed by atoms with Crippen LogP contribution in [0.4, 0.5) is 5.69 Å². The van der Waals surface area contributed by atoms with Crippen molar-refractivity contribution in [2.75, 3.05) is 18.0 Å². The average molecular weight is 329 g/mol. The first-order valence-electron chi connectivity index (χ1n) is 9.30. The Morgan fingerprint density at radius 2 is 1.40 bits per heavy atom. The van der Waals surface area contributed by atoms with E-state index in [0.29, 0.717) is 0 Å². The first-order valence-corrected chi connectivity index (χ1v) is 9.30. The zero-order chi connectivity index (χ0) is 17.6. The molecule has 0 aliphatic carbocycles. The lowest BCUT2D eigenvalue weighted by molar-refractivity contribution is 0.866. The van der Waals surface area contributed by atoms with Crippen LogP contribution in [0.3, 0.4) is 0 Å². The van der Waals surface area contributed by atoms with Crippen LogP contribution < -0.4 is 4.90 Å². The maximum atomic E-state index is 2.37. The summed E-state index contributed by atoms with van der Waals surface area (Å²) in [7, 11) is 0. The topological polar surface area (TPSA) is 3.24 Å². The molecule has 0 heterocycles. The van der Waals surface area contributed by atoms with Crippen LogP contribution in [0.1, 0.15) is 37.5 Å². The van der Waals surface area contributed by atoms with E-state index in [-0.39, 0.29) is 0 Å². The molecule has 0 aliphatic heterocycles. The largest absolute Gasteiger partial charge is 0.372 e. The Labute approximate surface area is 151 Å². The Morgan fingerprint density at radius 1 is 0.720 bits per heavy atom. The highest BCUT2D eigenvalue weighted by Crippen LogP contribution is 2.25. The van der Waals surface area contributed by atoms with Gasteiger partial charge in [0.05, 0.1) is 0 Å². The van der Waals surface area contributed by atoms with Crippen LogP contribution in [0, 0.1) is 0 Å². The second-order valence-corrected chi connectivity index (χ2v) is 6.31. The van der Waals surface area contributed by atoms with Gasteiger partial charge in [0.1, 0.15) is 0 Å². The van der Waals surface area contributed by atoms with Gasteiger partial charge in [-0.25, -0.2) is 0 Å². The molecule has 1 heteroatoms. The van der Waals surface area contributed by atoms with E-state index in [1.54, 1.807) is 0 Å². The first-order chi connectivity index (χ1) is 12.3. The summed E-state index contributed by atoms with van der Waals surface area (Å²) in [6, 6.07) is 22.0. The number of hydrogen-bond acceptors (Lipinski definition) is 1. The fourth-order valence-electron chi connectivity index (χ4n) is 3.41. The Morgan fingerprint density at radius 3 is 2.04 bits per heavy atom. The van der Waals surface area contributed by atoms with Crippen molar-refractivity contribution >= 4 is 28.6 Å². The number of anilines is 1. The number of aryl methyl sites for hydroxylation is 1. The van der Waals surface area contributed by atoms with Crippen molar-refractivity contribution in [2.24, 2.45) is 0 Å². The van der Waals surface area contributed by atoms with Crippen molar-refractivity contribution in [2.45, 2.75) is 27.2 Å². The first kappa shape index (κ1) is 17.3. The minimum atomic E-state index is 1.04. The van der Waals surface area contributed by atoms with Crippen LogP contribution in [-0.4, -0.2) is 13.1 Å². The highest BCUT2D eigenvalue weighted by Gasteiger charge is 2.03. The quantitative estimate of drug-likeness (QED) is 0.472. The van der Waals surface area contributed by atoms with E-state index in [1.807, 2.05) is 0 Å². The van der Waals surface area contributed by atoms with Gasteiger partial charge in [0.2, 0.25) is 0 Å². The summed E-state index contributed by atoms with van der Waals surface area (Å²) in [6.07, 6.45) is 5.50. The van der Waals surface area contributed by atoms with Gasteiger partial charge >= 0.3 is 0 Å². The van der Waals surface area contributed by atoms with Crippen LogP contribution in [0.2, 0.25) is 0 Å². The van der Waals surface area contributed by atoms with E-state index < -0.39 is 0 Å². The smallest absolute Gasteiger partial charge is 0.0366 e. The highest BCUT2D eigenvalue weighted by molar-refractivity contribution is 5.94. The minimum absolute atomic E-state index is 1.04. The Balaban J connectivity index is 1.89. The average Bonchev–Trinajstić information content (AvgIpc) is 2.68. The number of hydrogen-bond donors (Lipinski definition) is 0. The second-order valence-electron chi connectivity index (χ2n) is 6.31. The zero-order valence-electron chi connectivity index (χ0n) is 15.5. The molecule has 0 saturated heterocycles. The van der Waals surface area contributed by atoms with Crippen molar-refractivity contribution in [1.29, 1.82) is 0 Å². The third-order valence-corrected chi connectivity index (χ3v) is 4.91. The summed E-state index contributed by atoms with van der Waals surface area (Å²) in [5.74, 6) is 0. The molecule has 0 bridgehead atoms. The van der Waals surface area contributed by atoms with Crippen molar-refractivity contribution in [1.82, 2.24) is 0 Å².